The first-order chi connectivity index (χ1) is 1.91. The normalized spacial score (nSPS) is 5.00. The van der Waals surface area contributed by atoms with Gasteiger partial charge in [-0.15, -0.1) is 0 Å². The summed E-state index contributed by atoms with van der Waals surface area (Å²) in [5.74, 6) is 0. The van der Waals surface area contributed by atoms with Crippen LogP contribution in [0.1, 0.15) is 0 Å². The maximum absolute atomic E-state index is 7.60. The first-order valence-corrected chi connectivity index (χ1v) is 4.51. The number of hydrogen-bond acceptors (Lipinski definition) is 2. The molecular formula is CHNSTe. The molecule has 0 unspecified atom stereocenters. The molecule has 0 aliphatic carbocycles. The van der Waals surface area contributed by atoms with Crippen molar-refractivity contribution in [2.24, 2.45) is 0 Å². The van der Waals surface area contributed by atoms with Gasteiger partial charge in [-0.2, -0.15) is 0 Å². The Kier molecular flexibility index (Phi) is 4.20. The number of hydrogen-bond donors (Lipinski definition) is 0. The zero-order chi connectivity index (χ0) is 3.41. The van der Waals surface area contributed by atoms with E-state index < -0.39 is 0 Å². The number of thiocyanates is 1. The second-order valence-corrected chi connectivity index (χ2v) is 2.11. The summed E-state index contributed by atoms with van der Waals surface area (Å²) in [4.78, 5) is 0. The summed E-state index contributed by atoms with van der Waals surface area (Å²) >= 11 is 1.45. The van der Waals surface area contributed by atoms with Crippen LogP contribution in [0, 0.1) is 10.7 Å². The Balaban J connectivity index is 2.43. The van der Waals surface area contributed by atoms with Crippen LogP contribution in [0.5, 0.6) is 0 Å². The molecule has 0 atom stereocenters. The van der Waals surface area contributed by atoms with E-state index in [0.29, 0.717) is 0 Å². The minimum atomic E-state index is 1.21. The number of rotatable bonds is 0. The number of nitriles is 1. The van der Waals surface area contributed by atoms with E-state index in [4.69, 9.17) is 5.26 Å². The van der Waals surface area contributed by atoms with Crippen LogP contribution in [0.25, 0.3) is 0 Å². The van der Waals surface area contributed by atoms with Gasteiger partial charge in [-0.05, 0) is 0 Å². The monoisotopic (exact) mass is 189 g/mol. The Morgan fingerprint density at radius 1 is 2.00 bits per heavy atom. The predicted octanol–water partition coefficient (Wildman–Crippen LogP) is 0.0165. The van der Waals surface area contributed by atoms with Crippen LogP contribution >= 0.6 is 8.99 Å². The summed E-state index contributed by atoms with van der Waals surface area (Å²) in [5, 5.41) is 9.47. The topological polar surface area (TPSA) is 23.8 Å². The van der Waals surface area contributed by atoms with Gasteiger partial charge in [0.25, 0.3) is 0 Å². The van der Waals surface area contributed by atoms with Gasteiger partial charge in [0.15, 0.2) is 0 Å². The minimum absolute atomic E-state index is 1.21. The van der Waals surface area contributed by atoms with Crippen LogP contribution in [0.15, 0.2) is 0 Å². The van der Waals surface area contributed by atoms with Crippen molar-refractivity contribution in [3.8, 4) is 5.40 Å². The van der Waals surface area contributed by atoms with E-state index in [-0.39, 0.29) is 0 Å². The zero-order valence-corrected chi connectivity index (χ0v) is 5.17. The van der Waals surface area contributed by atoms with Crippen LogP contribution in [0.2, 0.25) is 0 Å². The average molecular weight is 187 g/mol. The standard InChI is InChI=1S/CHNSTe/c2-1-3-4/h4H. The third-order valence-electron chi connectivity index (χ3n) is 0.0408. The zero-order valence-electron chi connectivity index (χ0n) is 1.80. The molecule has 3 heteroatoms. The van der Waals surface area contributed by atoms with E-state index in [0.717, 1.165) is 0 Å². The van der Waals surface area contributed by atoms with Crippen molar-refractivity contribution in [1.82, 2.24) is 0 Å². The Hall–Kier alpha value is 0.630. The van der Waals surface area contributed by atoms with Crippen molar-refractivity contribution in [3.63, 3.8) is 0 Å². The molecule has 0 fully saturated rings. The van der Waals surface area contributed by atoms with Gasteiger partial charge in [0.1, 0.15) is 0 Å². The summed E-state index contributed by atoms with van der Waals surface area (Å²) < 4.78 is 0. The molecular weight excluding hydrogens is 186 g/mol. The van der Waals surface area contributed by atoms with E-state index >= 15 is 0 Å². The van der Waals surface area contributed by atoms with Gasteiger partial charge < -0.3 is 0 Å². The molecule has 22 valence electrons. The van der Waals surface area contributed by atoms with Crippen molar-refractivity contribution in [2.45, 2.75) is 0 Å². The van der Waals surface area contributed by atoms with Gasteiger partial charge in [-0.3, -0.25) is 0 Å². The molecule has 0 radical (unpaired) electrons. The van der Waals surface area contributed by atoms with Crippen LogP contribution in [-0.2, 0) is 0 Å². The third-order valence-corrected chi connectivity index (χ3v) is 0.822. The van der Waals surface area contributed by atoms with Crippen LogP contribution < -0.4 is 0 Å². The summed E-state index contributed by atoms with van der Waals surface area (Å²) in [6.07, 6.45) is 0. The fraction of sp³-hybridized carbons (Fsp3) is 0. The molecule has 1 nitrogen and oxygen atoms in total. The SMILES string of the molecule is N#CS[TeH]. The molecule has 0 aliphatic heterocycles. The van der Waals surface area contributed by atoms with Crippen molar-refractivity contribution in [3.05, 3.63) is 0 Å². The van der Waals surface area contributed by atoms with Crippen LogP contribution in [0.4, 0.5) is 0 Å². The van der Waals surface area contributed by atoms with Crippen molar-refractivity contribution < 1.29 is 0 Å². The van der Waals surface area contributed by atoms with Crippen LogP contribution in [-0.4, -0.2) is 20.9 Å². The fourth-order valence-corrected chi connectivity index (χ4v) is 0. The molecule has 0 rings (SSSR count). The van der Waals surface area contributed by atoms with Gasteiger partial charge in [-0.25, -0.2) is 0 Å². The molecule has 0 aliphatic rings. The fourth-order valence-electron chi connectivity index (χ4n) is 0. The number of nitrogens with zero attached hydrogens (tertiary/aromatic N) is 1. The summed E-state index contributed by atoms with van der Waals surface area (Å²) in [6.45, 7) is 0. The van der Waals surface area contributed by atoms with E-state index in [2.05, 4.69) is 0 Å². The molecule has 0 aromatic rings. The molecule has 0 bridgehead atoms. The molecule has 0 aromatic heterocycles. The van der Waals surface area contributed by atoms with E-state index in [1.165, 1.54) is 29.9 Å². The van der Waals surface area contributed by atoms with Gasteiger partial charge in [-0.1, -0.05) is 0 Å². The molecule has 0 heterocycles. The molecule has 0 saturated carbocycles. The summed E-state index contributed by atoms with van der Waals surface area (Å²) in [5.41, 5.74) is 0. The van der Waals surface area contributed by atoms with Crippen molar-refractivity contribution in [2.75, 3.05) is 0 Å². The van der Waals surface area contributed by atoms with Gasteiger partial charge >= 0.3 is 40.6 Å². The molecule has 0 N–H and O–H groups in total. The third kappa shape index (κ3) is 2.63. The Morgan fingerprint density at radius 2 is 2.25 bits per heavy atom. The maximum atomic E-state index is 7.60. The Labute approximate surface area is 40.8 Å². The molecule has 0 spiro atoms. The molecule has 0 amide bonds. The van der Waals surface area contributed by atoms with Crippen LogP contribution in [0.3, 0.4) is 0 Å². The van der Waals surface area contributed by atoms with Crippen molar-refractivity contribution >= 4 is 29.9 Å². The Bertz CT molecular complexity index is 37.8. The average Bonchev–Trinajstić information content (AvgIpc) is 1.37. The Morgan fingerprint density at radius 3 is 2.25 bits per heavy atom. The summed E-state index contributed by atoms with van der Waals surface area (Å²) in [6, 6.07) is 0. The molecule has 0 aromatic carbocycles. The van der Waals surface area contributed by atoms with Gasteiger partial charge in [0.2, 0.25) is 0 Å². The second-order valence-electron chi connectivity index (χ2n) is 0.183. The van der Waals surface area contributed by atoms with Gasteiger partial charge in [0.05, 0.1) is 0 Å². The first kappa shape index (κ1) is 4.63. The van der Waals surface area contributed by atoms with Crippen molar-refractivity contribution in [1.29, 1.82) is 5.26 Å². The quantitative estimate of drug-likeness (QED) is 0.394. The van der Waals surface area contributed by atoms with E-state index in [9.17, 15) is 0 Å². The summed E-state index contributed by atoms with van der Waals surface area (Å²) in [7, 11) is 1.21. The predicted molar refractivity (Wildman–Crippen MR) is 20.4 cm³/mol. The molecule has 0 saturated heterocycles. The van der Waals surface area contributed by atoms with Gasteiger partial charge in [0, 0.05) is 0 Å². The molecule has 4 heavy (non-hydrogen) atoms. The van der Waals surface area contributed by atoms with E-state index in [1.54, 1.807) is 0 Å². The second kappa shape index (κ2) is 3.63. The van der Waals surface area contributed by atoms with E-state index in [1.807, 2.05) is 5.40 Å². The first-order valence-electron chi connectivity index (χ1n) is 0.610.